The predicted molar refractivity (Wildman–Crippen MR) is 122 cm³/mol. The van der Waals surface area contributed by atoms with Gasteiger partial charge in [0.15, 0.2) is 5.13 Å². The lowest BCUT2D eigenvalue weighted by atomic mass is 9.90. The fraction of sp³-hybridized carbons (Fsp3) is 0.250. The van der Waals surface area contributed by atoms with Crippen LogP contribution in [0.15, 0.2) is 63.6 Å². The Kier molecular flexibility index (Phi) is 5.68. The van der Waals surface area contributed by atoms with Crippen LogP contribution in [0.5, 0.6) is 0 Å². The molecule has 0 fully saturated rings. The number of aromatic nitrogens is 3. The second-order valence-electron chi connectivity index (χ2n) is 7.88. The summed E-state index contributed by atoms with van der Waals surface area (Å²) in [7, 11) is 0. The van der Waals surface area contributed by atoms with E-state index >= 15 is 0 Å². The van der Waals surface area contributed by atoms with E-state index in [9.17, 15) is 9.59 Å². The smallest absolute Gasteiger partial charge is 0.267 e. The summed E-state index contributed by atoms with van der Waals surface area (Å²) in [5.41, 5.74) is 5.20. The number of amides is 1. The van der Waals surface area contributed by atoms with Gasteiger partial charge in [-0.3, -0.25) is 14.5 Å². The molecule has 0 saturated heterocycles. The standard InChI is InChI=1S/C24H22N4O3S/c29-22-20-7-2-1-6-19(20)21(26-27-22)13-16-4-3-5-18(12-16)23(30)28(24-25-9-11-32-24)14-17-8-10-31-15-17/h3-5,8-12,15H,1-2,6-7,13-14H2,(H,27,29). The van der Waals surface area contributed by atoms with Crippen LogP contribution in [0.3, 0.4) is 0 Å². The van der Waals surface area contributed by atoms with E-state index in [1.165, 1.54) is 11.3 Å². The summed E-state index contributed by atoms with van der Waals surface area (Å²) in [6, 6.07) is 9.44. The number of rotatable bonds is 6. The molecular weight excluding hydrogens is 424 g/mol. The number of fused-ring (bicyclic) bond motifs is 1. The molecule has 1 aliphatic rings. The van der Waals surface area contributed by atoms with Crippen molar-refractivity contribution < 1.29 is 9.21 Å². The van der Waals surface area contributed by atoms with Crippen molar-refractivity contribution in [2.45, 2.75) is 38.6 Å². The molecule has 0 aliphatic heterocycles. The molecule has 8 heteroatoms. The van der Waals surface area contributed by atoms with Crippen molar-refractivity contribution in [2.24, 2.45) is 0 Å². The van der Waals surface area contributed by atoms with E-state index in [0.717, 1.165) is 53.6 Å². The van der Waals surface area contributed by atoms with E-state index in [-0.39, 0.29) is 11.5 Å². The number of furan rings is 1. The Balaban J connectivity index is 1.43. The van der Waals surface area contributed by atoms with Gasteiger partial charge in [-0.05, 0) is 55.0 Å². The first-order valence-electron chi connectivity index (χ1n) is 10.6. The number of nitrogens with one attached hydrogen (secondary N) is 1. The highest BCUT2D eigenvalue weighted by Crippen LogP contribution is 2.25. The maximum Gasteiger partial charge on any atom is 0.267 e. The summed E-state index contributed by atoms with van der Waals surface area (Å²) in [4.78, 5) is 31.6. The molecule has 0 radical (unpaired) electrons. The molecule has 1 aliphatic carbocycles. The van der Waals surface area contributed by atoms with Gasteiger partial charge in [0.1, 0.15) is 0 Å². The maximum atomic E-state index is 13.5. The first-order valence-corrected chi connectivity index (χ1v) is 11.5. The van der Waals surface area contributed by atoms with E-state index in [2.05, 4.69) is 15.2 Å². The first kappa shape index (κ1) is 20.4. The fourth-order valence-electron chi connectivity index (χ4n) is 4.18. The summed E-state index contributed by atoms with van der Waals surface area (Å²) in [6.45, 7) is 0.377. The molecule has 1 amide bonds. The molecule has 162 valence electrons. The van der Waals surface area contributed by atoms with Gasteiger partial charge >= 0.3 is 0 Å². The number of H-pyrrole nitrogens is 1. The van der Waals surface area contributed by atoms with Gasteiger partial charge in [0, 0.05) is 34.7 Å². The van der Waals surface area contributed by atoms with Crippen molar-refractivity contribution in [3.63, 3.8) is 0 Å². The monoisotopic (exact) mass is 446 g/mol. The molecule has 5 rings (SSSR count). The van der Waals surface area contributed by atoms with Crippen LogP contribution in [0, 0.1) is 0 Å². The van der Waals surface area contributed by atoms with Gasteiger partial charge in [-0.1, -0.05) is 12.1 Å². The van der Waals surface area contributed by atoms with E-state index < -0.39 is 0 Å². The van der Waals surface area contributed by atoms with Crippen molar-refractivity contribution in [3.8, 4) is 0 Å². The van der Waals surface area contributed by atoms with Crippen molar-refractivity contribution in [1.29, 1.82) is 0 Å². The number of aromatic amines is 1. The van der Waals surface area contributed by atoms with Crippen LogP contribution in [0.1, 0.15) is 51.1 Å². The molecule has 0 saturated carbocycles. The molecule has 3 heterocycles. The molecule has 1 N–H and O–H groups in total. The SMILES string of the molecule is O=C(c1cccc(Cc2n[nH]c(=O)c3c2CCCC3)c1)N(Cc1ccoc1)c1nccs1. The number of thiazole rings is 1. The van der Waals surface area contributed by atoms with Crippen molar-refractivity contribution in [1.82, 2.24) is 15.2 Å². The van der Waals surface area contributed by atoms with Crippen LogP contribution in [-0.2, 0) is 25.8 Å². The van der Waals surface area contributed by atoms with Crippen LogP contribution < -0.4 is 10.5 Å². The average Bonchev–Trinajstić information content (AvgIpc) is 3.54. The molecule has 1 aromatic carbocycles. The van der Waals surface area contributed by atoms with Crippen LogP contribution in [-0.4, -0.2) is 21.1 Å². The van der Waals surface area contributed by atoms with E-state index in [1.54, 1.807) is 23.6 Å². The van der Waals surface area contributed by atoms with E-state index in [4.69, 9.17) is 4.42 Å². The Morgan fingerprint density at radius 3 is 2.81 bits per heavy atom. The number of nitrogens with zero attached hydrogens (tertiary/aromatic N) is 3. The molecule has 3 aromatic heterocycles. The third kappa shape index (κ3) is 4.13. The minimum atomic E-state index is -0.126. The van der Waals surface area contributed by atoms with Crippen LogP contribution in [0.25, 0.3) is 0 Å². The quantitative estimate of drug-likeness (QED) is 0.481. The minimum Gasteiger partial charge on any atom is -0.472 e. The zero-order valence-corrected chi connectivity index (χ0v) is 18.2. The number of carbonyl (C=O) groups excluding carboxylic acids is 1. The van der Waals surface area contributed by atoms with Gasteiger partial charge in [0.2, 0.25) is 0 Å². The van der Waals surface area contributed by atoms with Crippen molar-refractivity contribution in [2.75, 3.05) is 4.90 Å². The third-order valence-electron chi connectivity index (χ3n) is 5.74. The summed E-state index contributed by atoms with van der Waals surface area (Å²) in [6.07, 6.45) is 9.27. The van der Waals surface area contributed by atoms with Gasteiger partial charge in [-0.15, -0.1) is 11.3 Å². The van der Waals surface area contributed by atoms with Gasteiger partial charge in [-0.2, -0.15) is 5.10 Å². The van der Waals surface area contributed by atoms with Crippen LogP contribution >= 0.6 is 11.3 Å². The number of anilines is 1. The lowest BCUT2D eigenvalue weighted by Gasteiger charge is -2.20. The minimum absolute atomic E-state index is 0.0780. The summed E-state index contributed by atoms with van der Waals surface area (Å²) in [5, 5.41) is 9.48. The largest absolute Gasteiger partial charge is 0.472 e. The highest BCUT2D eigenvalue weighted by Gasteiger charge is 2.22. The lowest BCUT2D eigenvalue weighted by molar-refractivity contribution is 0.0985. The molecule has 0 spiro atoms. The maximum absolute atomic E-state index is 13.5. The zero-order chi connectivity index (χ0) is 21.9. The molecule has 0 atom stereocenters. The summed E-state index contributed by atoms with van der Waals surface area (Å²) < 4.78 is 5.17. The topological polar surface area (TPSA) is 92.1 Å². The second-order valence-corrected chi connectivity index (χ2v) is 8.75. The summed E-state index contributed by atoms with van der Waals surface area (Å²) in [5.74, 6) is -0.126. The third-order valence-corrected chi connectivity index (χ3v) is 6.54. The number of hydrogen-bond donors (Lipinski definition) is 1. The predicted octanol–water partition coefficient (Wildman–Crippen LogP) is 4.14. The summed E-state index contributed by atoms with van der Waals surface area (Å²) >= 11 is 1.42. The molecule has 0 unspecified atom stereocenters. The van der Waals surface area contributed by atoms with E-state index in [1.807, 2.05) is 35.7 Å². The molecule has 0 bridgehead atoms. The van der Waals surface area contributed by atoms with Crippen LogP contribution in [0.2, 0.25) is 0 Å². The fourth-order valence-corrected chi connectivity index (χ4v) is 4.82. The molecule has 32 heavy (non-hydrogen) atoms. The average molecular weight is 447 g/mol. The zero-order valence-electron chi connectivity index (χ0n) is 17.4. The Morgan fingerprint density at radius 1 is 1.16 bits per heavy atom. The Labute approximate surface area is 188 Å². The number of hydrogen-bond acceptors (Lipinski definition) is 6. The Hall–Kier alpha value is -3.52. The van der Waals surface area contributed by atoms with E-state index in [0.29, 0.717) is 23.7 Å². The Morgan fingerprint density at radius 2 is 2.03 bits per heavy atom. The highest BCUT2D eigenvalue weighted by molar-refractivity contribution is 7.13. The van der Waals surface area contributed by atoms with Crippen molar-refractivity contribution >= 4 is 22.4 Å². The van der Waals surface area contributed by atoms with Gasteiger partial charge in [0.25, 0.3) is 11.5 Å². The van der Waals surface area contributed by atoms with Gasteiger partial charge in [0.05, 0.1) is 24.8 Å². The molecule has 7 nitrogen and oxygen atoms in total. The first-order chi connectivity index (χ1) is 15.7. The number of benzene rings is 1. The molecular formula is C24H22N4O3S. The van der Waals surface area contributed by atoms with Crippen molar-refractivity contribution in [3.05, 3.63) is 98.3 Å². The second kappa shape index (κ2) is 8.92. The van der Waals surface area contributed by atoms with Gasteiger partial charge in [-0.25, -0.2) is 10.1 Å². The normalized spacial score (nSPS) is 13.0. The number of carbonyl (C=O) groups is 1. The molecule has 4 aromatic rings. The van der Waals surface area contributed by atoms with Gasteiger partial charge < -0.3 is 4.42 Å². The highest BCUT2D eigenvalue weighted by atomic mass is 32.1. The lowest BCUT2D eigenvalue weighted by Crippen LogP contribution is -2.30. The van der Waals surface area contributed by atoms with Crippen LogP contribution in [0.4, 0.5) is 5.13 Å². The Bertz CT molecular complexity index is 1280.